The lowest BCUT2D eigenvalue weighted by Gasteiger charge is -2.12. The Kier molecular flexibility index (Phi) is 6.44. The molecule has 8 heteroatoms. The zero-order valence-corrected chi connectivity index (χ0v) is 18.8. The number of benzene rings is 2. The zero-order valence-electron chi connectivity index (χ0n) is 15.1. The highest BCUT2D eigenvalue weighted by atomic mass is 127. The summed E-state index contributed by atoms with van der Waals surface area (Å²) in [7, 11) is 1.89. The molecule has 0 radical (unpaired) electrons. The number of carbonyl (C=O) groups is 1. The Morgan fingerprint density at radius 2 is 1.81 bits per heavy atom. The summed E-state index contributed by atoms with van der Waals surface area (Å²) in [4.78, 5) is 12.4. The molecular formula is C19H18ClIN4OS. The fraction of sp³-hybridized carbons (Fsp3) is 0.211. The Morgan fingerprint density at radius 1 is 1.19 bits per heavy atom. The van der Waals surface area contributed by atoms with Gasteiger partial charge in [-0.05, 0) is 84.0 Å². The van der Waals surface area contributed by atoms with Gasteiger partial charge in [-0.2, -0.15) is 0 Å². The molecule has 0 spiro atoms. The number of thioether (sulfide) groups is 1. The average Bonchev–Trinajstić information content (AvgIpc) is 2.98. The van der Waals surface area contributed by atoms with E-state index in [2.05, 4.69) is 50.2 Å². The predicted molar refractivity (Wildman–Crippen MR) is 119 cm³/mol. The van der Waals surface area contributed by atoms with E-state index in [1.165, 1.54) is 11.8 Å². The topological polar surface area (TPSA) is 59.8 Å². The molecule has 1 aromatic heterocycles. The molecule has 0 unspecified atom stereocenters. The van der Waals surface area contributed by atoms with Crippen LogP contribution in [0.1, 0.15) is 11.1 Å². The number of carbonyl (C=O) groups excluding carboxylic acids is 1. The molecule has 0 bridgehead atoms. The third kappa shape index (κ3) is 4.83. The summed E-state index contributed by atoms with van der Waals surface area (Å²) >= 11 is 9.57. The summed E-state index contributed by atoms with van der Waals surface area (Å²) in [5, 5.41) is 12.8. The summed E-state index contributed by atoms with van der Waals surface area (Å²) in [6, 6.07) is 11.5. The van der Waals surface area contributed by atoms with Crippen molar-refractivity contribution in [1.82, 2.24) is 14.8 Å². The molecule has 0 atom stereocenters. The monoisotopic (exact) mass is 512 g/mol. The molecule has 140 valence electrons. The fourth-order valence-electron chi connectivity index (χ4n) is 2.70. The number of hydrogen-bond donors (Lipinski definition) is 1. The van der Waals surface area contributed by atoms with Gasteiger partial charge in [0, 0.05) is 26.9 Å². The van der Waals surface area contributed by atoms with E-state index in [1.54, 1.807) is 0 Å². The van der Waals surface area contributed by atoms with Gasteiger partial charge < -0.3 is 9.88 Å². The maximum Gasteiger partial charge on any atom is 0.234 e. The molecule has 3 rings (SSSR count). The van der Waals surface area contributed by atoms with Crippen molar-refractivity contribution in [2.45, 2.75) is 19.0 Å². The first-order valence-electron chi connectivity index (χ1n) is 8.20. The maximum atomic E-state index is 12.4. The summed E-state index contributed by atoms with van der Waals surface area (Å²) in [5.74, 6) is 0.930. The van der Waals surface area contributed by atoms with Crippen molar-refractivity contribution in [3.8, 4) is 11.4 Å². The van der Waals surface area contributed by atoms with Crippen LogP contribution in [0, 0.1) is 17.4 Å². The van der Waals surface area contributed by atoms with Crippen molar-refractivity contribution in [2.75, 3.05) is 11.1 Å². The molecule has 0 aliphatic carbocycles. The average molecular weight is 513 g/mol. The Balaban J connectivity index is 1.67. The van der Waals surface area contributed by atoms with Crippen LogP contribution in [-0.2, 0) is 11.8 Å². The molecule has 2 aromatic carbocycles. The second-order valence-electron chi connectivity index (χ2n) is 6.12. The Hall–Kier alpha value is -1.58. The van der Waals surface area contributed by atoms with Gasteiger partial charge in [0.05, 0.1) is 5.75 Å². The number of aryl methyl sites for hydroxylation is 2. The molecule has 0 fully saturated rings. The number of aromatic nitrogens is 3. The number of halogens is 2. The van der Waals surface area contributed by atoms with Crippen LogP contribution in [0.5, 0.6) is 0 Å². The largest absolute Gasteiger partial charge is 0.325 e. The van der Waals surface area contributed by atoms with Crippen molar-refractivity contribution in [1.29, 1.82) is 0 Å². The number of nitrogens with one attached hydrogen (secondary N) is 1. The highest BCUT2D eigenvalue weighted by Crippen LogP contribution is 2.26. The first-order chi connectivity index (χ1) is 12.8. The van der Waals surface area contributed by atoms with Crippen LogP contribution in [0.2, 0.25) is 5.02 Å². The van der Waals surface area contributed by atoms with E-state index in [1.807, 2.05) is 49.7 Å². The quantitative estimate of drug-likeness (QED) is 0.382. The second-order valence-corrected chi connectivity index (χ2v) is 8.75. The number of nitrogens with zero attached hydrogens (tertiary/aromatic N) is 3. The minimum absolute atomic E-state index is 0.0662. The maximum absolute atomic E-state index is 12.4. The number of anilines is 1. The van der Waals surface area contributed by atoms with Crippen molar-refractivity contribution >= 4 is 57.5 Å². The smallest absolute Gasteiger partial charge is 0.234 e. The lowest BCUT2D eigenvalue weighted by Crippen LogP contribution is -2.16. The van der Waals surface area contributed by atoms with Gasteiger partial charge in [-0.15, -0.1) is 10.2 Å². The second kappa shape index (κ2) is 8.62. The van der Waals surface area contributed by atoms with Gasteiger partial charge >= 0.3 is 0 Å². The SMILES string of the molecule is Cc1cc(I)cc(C)c1NC(=O)CSc1nnc(-c2ccc(Cl)cc2)n1C. The van der Waals surface area contributed by atoms with Crippen LogP contribution >= 0.6 is 46.0 Å². The third-order valence-corrected chi connectivity index (χ3v) is 5.93. The third-order valence-electron chi connectivity index (χ3n) is 4.03. The van der Waals surface area contributed by atoms with E-state index in [-0.39, 0.29) is 11.7 Å². The van der Waals surface area contributed by atoms with Crippen molar-refractivity contribution in [3.63, 3.8) is 0 Å². The van der Waals surface area contributed by atoms with E-state index in [0.717, 1.165) is 31.8 Å². The zero-order chi connectivity index (χ0) is 19.6. The standard InChI is InChI=1S/C19H18ClIN4OS/c1-11-8-15(21)9-12(2)17(11)22-16(26)10-27-19-24-23-18(25(19)3)13-4-6-14(20)7-5-13/h4-9H,10H2,1-3H3,(H,22,26). The molecule has 5 nitrogen and oxygen atoms in total. The van der Waals surface area contributed by atoms with Crippen molar-refractivity contribution < 1.29 is 4.79 Å². The Labute approximate surface area is 181 Å². The van der Waals surface area contributed by atoms with Crippen molar-refractivity contribution in [2.24, 2.45) is 7.05 Å². The highest BCUT2D eigenvalue weighted by molar-refractivity contribution is 14.1. The number of rotatable bonds is 5. The van der Waals surface area contributed by atoms with Gasteiger partial charge in [0.15, 0.2) is 11.0 Å². The molecule has 0 saturated heterocycles. The molecule has 0 aliphatic rings. The van der Waals surface area contributed by atoms with E-state index in [9.17, 15) is 4.79 Å². The van der Waals surface area contributed by atoms with Gasteiger partial charge in [-0.25, -0.2) is 0 Å². The van der Waals surface area contributed by atoms with Gasteiger partial charge in [0.1, 0.15) is 0 Å². The first-order valence-corrected chi connectivity index (χ1v) is 10.6. The van der Waals surface area contributed by atoms with Gasteiger partial charge in [0.25, 0.3) is 0 Å². The normalized spacial score (nSPS) is 10.9. The molecule has 1 heterocycles. The van der Waals surface area contributed by atoms with Crippen LogP contribution in [0.25, 0.3) is 11.4 Å². The van der Waals surface area contributed by atoms with Crippen LogP contribution in [0.15, 0.2) is 41.6 Å². The van der Waals surface area contributed by atoms with E-state index in [0.29, 0.717) is 10.2 Å². The van der Waals surface area contributed by atoms with Gasteiger partial charge in [0.2, 0.25) is 5.91 Å². The summed E-state index contributed by atoms with van der Waals surface area (Å²) in [6.07, 6.45) is 0. The van der Waals surface area contributed by atoms with Crippen molar-refractivity contribution in [3.05, 3.63) is 56.1 Å². The fourth-order valence-corrected chi connectivity index (χ4v) is 4.48. The lowest BCUT2D eigenvalue weighted by atomic mass is 10.1. The first kappa shape index (κ1) is 20.2. The predicted octanol–water partition coefficient (Wildman–Crippen LogP) is 5.09. The summed E-state index contributed by atoms with van der Waals surface area (Å²) in [6.45, 7) is 4.00. The molecule has 0 aliphatic heterocycles. The molecule has 3 aromatic rings. The van der Waals surface area contributed by atoms with Gasteiger partial charge in [-0.1, -0.05) is 23.4 Å². The molecular weight excluding hydrogens is 495 g/mol. The van der Waals surface area contributed by atoms with Crippen LogP contribution in [0.4, 0.5) is 5.69 Å². The highest BCUT2D eigenvalue weighted by Gasteiger charge is 2.14. The summed E-state index contributed by atoms with van der Waals surface area (Å²) < 4.78 is 3.03. The van der Waals surface area contributed by atoms with Crippen LogP contribution < -0.4 is 5.32 Å². The number of hydrogen-bond acceptors (Lipinski definition) is 4. The molecule has 1 amide bonds. The van der Waals surface area contributed by atoms with E-state index >= 15 is 0 Å². The minimum Gasteiger partial charge on any atom is -0.325 e. The Bertz CT molecular complexity index is 965. The minimum atomic E-state index is -0.0662. The lowest BCUT2D eigenvalue weighted by molar-refractivity contribution is -0.113. The number of amides is 1. The summed E-state index contributed by atoms with van der Waals surface area (Å²) in [5.41, 5.74) is 3.92. The molecule has 27 heavy (non-hydrogen) atoms. The van der Waals surface area contributed by atoms with E-state index in [4.69, 9.17) is 11.6 Å². The molecule has 1 N–H and O–H groups in total. The van der Waals surface area contributed by atoms with Crippen LogP contribution in [0.3, 0.4) is 0 Å². The van der Waals surface area contributed by atoms with Gasteiger partial charge in [-0.3, -0.25) is 4.79 Å². The Morgan fingerprint density at radius 3 is 2.44 bits per heavy atom. The van der Waals surface area contributed by atoms with E-state index < -0.39 is 0 Å². The van der Waals surface area contributed by atoms with Crippen LogP contribution in [-0.4, -0.2) is 26.4 Å². The molecule has 0 saturated carbocycles.